The highest BCUT2D eigenvalue weighted by Crippen LogP contribution is 2.35. The van der Waals surface area contributed by atoms with E-state index < -0.39 is 12.1 Å². The van der Waals surface area contributed by atoms with Gasteiger partial charge in [0.2, 0.25) is 30.1 Å². The molecule has 0 bridgehead atoms. The molecule has 16 nitrogen and oxygen atoms in total. The van der Waals surface area contributed by atoms with Crippen LogP contribution >= 0.6 is 0 Å². The molecule has 2 fully saturated rings. The van der Waals surface area contributed by atoms with Crippen molar-refractivity contribution in [3.05, 3.63) is 72.6 Å². The first-order valence-corrected chi connectivity index (χ1v) is 19.2. The molecule has 5 heterocycles. The van der Waals surface area contributed by atoms with Crippen molar-refractivity contribution in [1.29, 1.82) is 0 Å². The zero-order valence-corrected chi connectivity index (χ0v) is 32.4. The Morgan fingerprint density at radius 2 is 1.34 bits per heavy atom. The predicted molar refractivity (Wildman–Crippen MR) is 213 cm³/mol. The number of anilines is 2. The molecule has 294 valence electrons. The van der Waals surface area contributed by atoms with Crippen LogP contribution in [0.25, 0.3) is 33.6 Å². The van der Waals surface area contributed by atoms with Gasteiger partial charge in [0.25, 0.3) is 0 Å². The highest BCUT2D eigenvalue weighted by Gasteiger charge is 2.38. The van der Waals surface area contributed by atoms with Gasteiger partial charge in [0, 0.05) is 13.1 Å². The average Bonchev–Trinajstić information content (AvgIpc) is 4.05. The first-order valence-electron chi connectivity index (χ1n) is 19.2. The molecule has 2 aromatic carbocycles. The number of hydrogen-bond donors (Lipinski definition) is 5. The van der Waals surface area contributed by atoms with Crippen LogP contribution in [0.2, 0.25) is 0 Å². The third-order valence-corrected chi connectivity index (χ3v) is 10.6. The molecule has 2 amide bonds. The third-order valence-electron chi connectivity index (χ3n) is 10.6. The molecular formula is C40H50N12O4. The summed E-state index contributed by atoms with van der Waals surface area (Å²) >= 11 is 0. The van der Waals surface area contributed by atoms with Crippen LogP contribution in [0, 0.1) is 11.8 Å². The van der Waals surface area contributed by atoms with Crippen molar-refractivity contribution in [1.82, 2.24) is 44.9 Å². The average molecular weight is 763 g/mol. The van der Waals surface area contributed by atoms with E-state index in [1.165, 1.54) is 13.5 Å². The van der Waals surface area contributed by atoms with Crippen molar-refractivity contribution in [2.45, 2.75) is 77.5 Å². The Kier molecular flexibility index (Phi) is 11.5. The molecule has 6 N–H and O–H groups in total. The molecule has 4 atom stereocenters. The van der Waals surface area contributed by atoms with Gasteiger partial charge in [-0.05, 0) is 59.8 Å². The maximum atomic E-state index is 13.8. The molecule has 0 unspecified atom stereocenters. The summed E-state index contributed by atoms with van der Waals surface area (Å²) in [5.74, 6) is 1.96. The number of amides is 2. The number of rotatable bonds is 14. The van der Waals surface area contributed by atoms with Crippen molar-refractivity contribution in [2.24, 2.45) is 16.8 Å². The molecule has 0 saturated carbocycles. The van der Waals surface area contributed by atoms with E-state index in [0.29, 0.717) is 19.0 Å². The minimum atomic E-state index is -0.571. The van der Waals surface area contributed by atoms with E-state index in [4.69, 9.17) is 20.6 Å². The van der Waals surface area contributed by atoms with Crippen LogP contribution in [0.5, 0.6) is 0 Å². The molecular weight excluding hydrogens is 713 g/mol. The van der Waals surface area contributed by atoms with Crippen LogP contribution in [0.3, 0.4) is 0 Å². The monoisotopic (exact) mass is 762 g/mol. The van der Waals surface area contributed by atoms with E-state index >= 15 is 0 Å². The molecule has 2 aliphatic rings. The second-order valence-electron chi connectivity index (χ2n) is 15.0. The number of benzene rings is 2. The van der Waals surface area contributed by atoms with Crippen molar-refractivity contribution < 1.29 is 19.4 Å². The Morgan fingerprint density at radius 1 is 0.821 bits per heavy atom. The Labute approximate surface area is 325 Å². The quantitative estimate of drug-likeness (QED) is 0.0390. The van der Waals surface area contributed by atoms with E-state index in [1.54, 1.807) is 0 Å². The molecule has 2 aliphatic heterocycles. The van der Waals surface area contributed by atoms with Gasteiger partial charge in [-0.1, -0.05) is 76.2 Å². The zero-order chi connectivity index (χ0) is 39.3. The van der Waals surface area contributed by atoms with Gasteiger partial charge in [-0.25, -0.2) is 20.1 Å². The third kappa shape index (κ3) is 8.15. The number of nitrogens with one attached hydrogen (secondary N) is 4. The maximum Gasteiger partial charge on any atom is 0.248 e. The number of aromatic amines is 3. The van der Waals surface area contributed by atoms with Crippen molar-refractivity contribution in [3.63, 3.8) is 0 Å². The smallest absolute Gasteiger partial charge is 0.248 e. The molecule has 0 radical (unpaired) electrons. The summed E-state index contributed by atoms with van der Waals surface area (Å²) in [4.78, 5) is 65.4. The van der Waals surface area contributed by atoms with Gasteiger partial charge in [0.15, 0.2) is 0 Å². The topological polar surface area (TPSA) is 208 Å². The summed E-state index contributed by atoms with van der Waals surface area (Å²) in [6.45, 7) is 9.22. The molecule has 7 rings (SSSR count). The lowest BCUT2D eigenvalue weighted by atomic mass is 10.0. The fraction of sp³-hybridized carbons (Fsp3) is 0.425. The number of nitrogen functional groups attached to an aromatic ring is 1. The first kappa shape index (κ1) is 38.3. The number of nitrogens with two attached hydrogens (primary N) is 1. The fourth-order valence-electron chi connectivity index (χ4n) is 7.61. The van der Waals surface area contributed by atoms with Gasteiger partial charge < -0.3 is 35.7 Å². The Hall–Kier alpha value is -6.03. The second kappa shape index (κ2) is 16.8. The number of aromatic nitrogens is 7. The number of aliphatic imine (C=N–C) groups is 1. The minimum Gasteiger partial charge on any atom is -0.368 e. The van der Waals surface area contributed by atoms with Gasteiger partial charge in [-0.15, -0.1) is 5.10 Å². The summed E-state index contributed by atoms with van der Waals surface area (Å²) in [5.41, 5.74) is 11.6. The normalized spacial score (nSPS) is 18.3. The van der Waals surface area contributed by atoms with E-state index in [1.807, 2.05) is 49.9 Å². The summed E-state index contributed by atoms with van der Waals surface area (Å²) in [7, 11) is 1.39. The first-order chi connectivity index (χ1) is 27.1. The van der Waals surface area contributed by atoms with E-state index in [-0.39, 0.29) is 41.7 Å². The maximum absolute atomic E-state index is 13.8. The molecule has 0 aliphatic carbocycles. The lowest BCUT2D eigenvalue weighted by Crippen LogP contribution is -2.45. The highest BCUT2D eigenvalue weighted by atomic mass is 17.2. The van der Waals surface area contributed by atoms with Gasteiger partial charge in [0.05, 0.1) is 43.0 Å². The van der Waals surface area contributed by atoms with Crippen LogP contribution in [0.1, 0.15) is 77.1 Å². The fourth-order valence-corrected chi connectivity index (χ4v) is 7.61. The van der Waals surface area contributed by atoms with Crippen LogP contribution < -0.4 is 11.1 Å². The van der Waals surface area contributed by atoms with Gasteiger partial charge >= 0.3 is 0 Å². The van der Waals surface area contributed by atoms with Crippen molar-refractivity contribution in [3.8, 4) is 33.6 Å². The number of carbonyl (C=O) groups excluding carboxylic acids is 2. The standard InChI is InChI=1S/C40H50N12O4/c1-23(2)33(44-22-56-55-5)37(53)51-18-6-8-31(51)35-42-20-29(45-35)27-14-10-25(11-15-27)26-12-16-28(17-13-26)30-21-43-36(46-30)32-9-7-19-52(32)38(54)34(24(3)4)47-40-48-39(41)49-50-40/h10-17,20-24,31-34H,6-9,18-19H2,1-5H3,(H,42,45)(H,43,46)(H4,41,47,48,49,50)/t31-,32-,33-,34-/m0/s1. The highest BCUT2D eigenvalue weighted by molar-refractivity contribution is 5.85. The van der Waals surface area contributed by atoms with Crippen molar-refractivity contribution in [2.75, 3.05) is 31.2 Å². The number of imidazole rings is 2. The Morgan fingerprint density at radius 3 is 1.80 bits per heavy atom. The predicted octanol–water partition coefficient (Wildman–Crippen LogP) is 5.93. The summed E-state index contributed by atoms with van der Waals surface area (Å²) in [5, 5.41) is 9.82. The van der Waals surface area contributed by atoms with E-state index in [0.717, 1.165) is 71.0 Å². The van der Waals surface area contributed by atoms with Crippen LogP contribution in [-0.4, -0.2) is 95.4 Å². The van der Waals surface area contributed by atoms with Gasteiger partial charge in [-0.2, -0.15) is 9.87 Å². The Balaban J connectivity index is 0.995. The summed E-state index contributed by atoms with van der Waals surface area (Å²) in [6.07, 6.45) is 8.29. The van der Waals surface area contributed by atoms with Crippen molar-refractivity contribution >= 4 is 30.1 Å². The molecule has 5 aromatic rings. The number of nitrogens with zero attached hydrogens (tertiary/aromatic N) is 7. The Bertz CT molecular complexity index is 2120. The van der Waals surface area contributed by atoms with Gasteiger partial charge in [-0.3, -0.25) is 9.59 Å². The minimum absolute atomic E-state index is 0.00237. The van der Waals surface area contributed by atoms with E-state index in [9.17, 15) is 9.59 Å². The number of hydrogen-bond acceptors (Lipinski definition) is 11. The SMILES string of the molecule is COOC=N[C@H](C(=O)N1CCC[C@H]1c1ncc(-c2ccc(-c3ccc(-c4cnc([C@@H]5CCCN5C(=O)[C@@H](Nc5n[nH]c(N)n5)C(C)C)[nH]4)cc3)cc2)[nH]1)C(C)C. The number of H-pyrrole nitrogens is 3. The largest absolute Gasteiger partial charge is 0.368 e. The van der Waals surface area contributed by atoms with Crippen LogP contribution in [0.4, 0.5) is 11.9 Å². The molecule has 3 aromatic heterocycles. The molecule has 16 heteroatoms. The molecule has 0 spiro atoms. The van der Waals surface area contributed by atoms with E-state index in [2.05, 4.69) is 88.9 Å². The lowest BCUT2D eigenvalue weighted by molar-refractivity contribution is -0.188. The molecule has 56 heavy (non-hydrogen) atoms. The van der Waals surface area contributed by atoms with Crippen LogP contribution in [-0.2, 0) is 19.4 Å². The molecule has 2 saturated heterocycles. The number of likely N-dealkylation sites (tertiary alicyclic amines) is 2. The summed E-state index contributed by atoms with van der Waals surface area (Å²) in [6, 6.07) is 15.3. The lowest BCUT2D eigenvalue weighted by Gasteiger charge is -2.30. The van der Waals surface area contributed by atoms with Crippen LogP contribution in [0.15, 0.2) is 65.9 Å². The zero-order valence-electron chi connectivity index (χ0n) is 32.4. The van der Waals surface area contributed by atoms with Gasteiger partial charge in [0.1, 0.15) is 23.7 Å². The second-order valence-corrected chi connectivity index (χ2v) is 15.0. The number of carbonyl (C=O) groups is 2. The summed E-state index contributed by atoms with van der Waals surface area (Å²) < 4.78 is 0.